The highest BCUT2D eigenvalue weighted by molar-refractivity contribution is 5.79. The summed E-state index contributed by atoms with van der Waals surface area (Å²) in [6, 6.07) is 6.03. The molecule has 1 heterocycles. The van der Waals surface area contributed by atoms with Gasteiger partial charge in [-0.25, -0.2) is 10.8 Å². The first kappa shape index (κ1) is 11.5. The minimum Gasteiger partial charge on any atom is -0.353 e. The van der Waals surface area contributed by atoms with E-state index >= 15 is 0 Å². The van der Waals surface area contributed by atoms with E-state index in [1.54, 1.807) is 6.20 Å². The van der Waals surface area contributed by atoms with Gasteiger partial charge in [-0.05, 0) is 26.0 Å². The van der Waals surface area contributed by atoms with Gasteiger partial charge in [0.05, 0.1) is 12.2 Å². The Kier molecular flexibility index (Phi) is 4.56. The van der Waals surface area contributed by atoms with Crippen LogP contribution in [0.15, 0.2) is 29.4 Å². The normalized spacial score (nSPS) is 11.6. The van der Waals surface area contributed by atoms with E-state index in [2.05, 4.69) is 20.7 Å². The Morgan fingerprint density at radius 3 is 2.87 bits per heavy atom. The smallest absolute Gasteiger partial charge is 0.206 e. The first-order valence-electron chi connectivity index (χ1n) is 4.90. The van der Waals surface area contributed by atoms with Crippen molar-refractivity contribution < 1.29 is 0 Å². The number of aliphatic imine (C=N–C) groups is 1. The van der Waals surface area contributed by atoms with Crippen LogP contribution in [0, 0.1) is 0 Å². The van der Waals surface area contributed by atoms with Crippen LogP contribution in [0.5, 0.6) is 0 Å². The highest BCUT2D eigenvalue weighted by Gasteiger charge is 1.98. The van der Waals surface area contributed by atoms with Crippen molar-refractivity contribution in [1.82, 2.24) is 15.7 Å². The number of pyridine rings is 1. The van der Waals surface area contributed by atoms with E-state index in [0.29, 0.717) is 18.5 Å². The molecule has 0 unspecified atom stereocenters. The summed E-state index contributed by atoms with van der Waals surface area (Å²) >= 11 is 0. The van der Waals surface area contributed by atoms with Crippen LogP contribution in [0.1, 0.15) is 19.5 Å². The molecule has 0 aliphatic rings. The van der Waals surface area contributed by atoms with E-state index in [4.69, 9.17) is 5.84 Å². The summed E-state index contributed by atoms with van der Waals surface area (Å²) in [5, 5.41) is 3.09. The second kappa shape index (κ2) is 5.98. The number of aromatic nitrogens is 1. The molecule has 0 saturated carbocycles. The number of nitrogens with two attached hydrogens (primary N) is 1. The van der Waals surface area contributed by atoms with E-state index in [9.17, 15) is 0 Å². The summed E-state index contributed by atoms with van der Waals surface area (Å²) in [6.45, 7) is 4.56. The summed E-state index contributed by atoms with van der Waals surface area (Å²) in [7, 11) is 0. The minimum atomic E-state index is 0.295. The average Bonchev–Trinajstić information content (AvgIpc) is 2.25. The maximum absolute atomic E-state index is 5.32. The van der Waals surface area contributed by atoms with Gasteiger partial charge >= 0.3 is 0 Å². The van der Waals surface area contributed by atoms with Crippen LogP contribution in [0.25, 0.3) is 0 Å². The van der Waals surface area contributed by atoms with Gasteiger partial charge in [0.15, 0.2) is 0 Å². The minimum absolute atomic E-state index is 0.295. The summed E-state index contributed by atoms with van der Waals surface area (Å²) in [5.41, 5.74) is 3.43. The molecule has 5 nitrogen and oxygen atoms in total. The van der Waals surface area contributed by atoms with Gasteiger partial charge in [-0.15, -0.1) is 0 Å². The molecular weight excluding hydrogens is 190 g/mol. The van der Waals surface area contributed by atoms with Crippen LogP contribution in [0.4, 0.5) is 0 Å². The largest absolute Gasteiger partial charge is 0.353 e. The molecule has 4 N–H and O–H groups in total. The fourth-order valence-corrected chi connectivity index (χ4v) is 1.06. The molecule has 0 aliphatic heterocycles. The van der Waals surface area contributed by atoms with E-state index in [-0.39, 0.29) is 0 Å². The molecule has 0 amide bonds. The van der Waals surface area contributed by atoms with Crippen molar-refractivity contribution in [1.29, 1.82) is 0 Å². The molecule has 15 heavy (non-hydrogen) atoms. The van der Waals surface area contributed by atoms with Crippen LogP contribution < -0.4 is 16.6 Å². The standard InChI is InChI=1S/C10H17N5/c1-8(2)14-10(15-11)13-7-9-5-3-4-6-12-9/h3-6,8H,7,11H2,1-2H3,(H2,13,14,15). The third-order valence-corrected chi connectivity index (χ3v) is 1.69. The van der Waals surface area contributed by atoms with E-state index in [1.165, 1.54) is 0 Å². The predicted octanol–water partition coefficient (Wildman–Crippen LogP) is 0.399. The monoisotopic (exact) mass is 207 g/mol. The molecule has 82 valence electrons. The molecule has 5 heteroatoms. The Morgan fingerprint density at radius 2 is 2.33 bits per heavy atom. The van der Waals surface area contributed by atoms with Crippen LogP contribution >= 0.6 is 0 Å². The highest BCUT2D eigenvalue weighted by Crippen LogP contribution is 1.95. The van der Waals surface area contributed by atoms with Gasteiger partial charge in [-0.2, -0.15) is 0 Å². The first-order chi connectivity index (χ1) is 7.22. The SMILES string of the molecule is CC(C)NC(=NCc1ccccn1)NN. The molecule has 0 aliphatic carbocycles. The molecule has 0 aromatic carbocycles. The van der Waals surface area contributed by atoms with Gasteiger partial charge in [-0.3, -0.25) is 10.4 Å². The van der Waals surface area contributed by atoms with Gasteiger partial charge in [0, 0.05) is 12.2 Å². The van der Waals surface area contributed by atoms with Gasteiger partial charge in [0.2, 0.25) is 5.96 Å². The van der Waals surface area contributed by atoms with E-state index < -0.39 is 0 Å². The third-order valence-electron chi connectivity index (χ3n) is 1.69. The summed E-state index contributed by atoms with van der Waals surface area (Å²) < 4.78 is 0. The lowest BCUT2D eigenvalue weighted by atomic mass is 10.3. The molecule has 1 rings (SSSR count). The fourth-order valence-electron chi connectivity index (χ4n) is 1.06. The molecule has 0 spiro atoms. The van der Waals surface area contributed by atoms with Crippen LogP contribution in [0.2, 0.25) is 0 Å². The van der Waals surface area contributed by atoms with E-state index in [1.807, 2.05) is 32.0 Å². The van der Waals surface area contributed by atoms with Crippen molar-refractivity contribution >= 4 is 5.96 Å². The second-order valence-corrected chi connectivity index (χ2v) is 3.43. The van der Waals surface area contributed by atoms with Gasteiger partial charge in [-0.1, -0.05) is 6.07 Å². The van der Waals surface area contributed by atoms with Crippen molar-refractivity contribution in [3.8, 4) is 0 Å². The third kappa shape index (κ3) is 4.42. The fraction of sp³-hybridized carbons (Fsp3) is 0.400. The molecule has 1 aromatic heterocycles. The van der Waals surface area contributed by atoms with Crippen molar-refractivity contribution in [3.63, 3.8) is 0 Å². The lowest BCUT2D eigenvalue weighted by Gasteiger charge is -2.11. The zero-order valence-corrected chi connectivity index (χ0v) is 9.07. The molecule has 0 bridgehead atoms. The van der Waals surface area contributed by atoms with Gasteiger partial charge < -0.3 is 5.32 Å². The molecule has 0 atom stereocenters. The number of hydrogen-bond acceptors (Lipinski definition) is 3. The highest BCUT2D eigenvalue weighted by atomic mass is 15.3. The summed E-state index contributed by atoms with van der Waals surface area (Å²) in [6.07, 6.45) is 1.75. The van der Waals surface area contributed by atoms with Crippen molar-refractivity contribution in [2.75, 3.05) is 0 Å². The second-order valence-electron chi connectivity index (χ2n) is 3.43. The van der Waals surface area contributed by atoms with Gasteiger partial charge in [0.25, 0.3) is 0 Å². The molecule has 0 saturated heterocycles. The zero-order valence-electron chi connectivity index (χ0n) is 9.07. The Labute approximate surface area is 89.8 Å². The Morgan fingerprint density at radius 1 is 1.53 bits per heavy atom. The Bertz CT molecular complexity index is 307. The van der Waals surface area contributed by atoms with Crippen molar-refractivity contribution in [2.45, 2.75) is 26.4 Å². The molecule has 1 aromatic rings. The number of hydrazine groups is 1. The lowest BCUT2D eigenvalue weighted by Crippen LogP contribution is -2.44. The van der Waals surface area contributed by atoms with Crippen molar-refractivity contribution in [3.05, 3.63) is 30.1 Å². The maximum Gasteiger partial charge on any atom is 0.206 e. The first-order valence-corrected chi connectivity index (χ1v) is 4.90. The zero-order chi connectivity index (χ0) is 11.1. The summed E-state index contributed by atoms with van der Waals surface area (Å²) in [4.78, 5) is 8.42. The quantitative estimate of drug-likeness (QED) is 0.290. The number of rotatable bonds is 3. The number of hydrogen-bond donors (Lipinski definition) is 3. The predicted molar refractivity (Wildman–Crippen MR) is 61.0 cm³/mol. The molecule has 0 radical (unpaired) electrons. The number of nitrogens with zero attached hydrogens (tertiary/aromatic N) is 2. The lowest BCUT2D eigenvalue weighted by molar-refractivity contribution is 0.701. The maximum atomic E-state index is 5.32. The average molecular weight is 207 g/mol. The molecule has 0 fully saturated rings. The summed E-state index contributed by atoms with van der Waals surface area (Å²) in [5.74, 6) is 5.90. The van der Waals surface area contributed by atoms with Crippen LogP contribution in [0.3, 0.4) is 0 Å². The number of nitrogens with one attached hydrogen (secondary N) is 2. The topological polar surface area (TPSA) is 75.3 Å². The number of guanidine groups is 1. The molecular formula is C10H17N5. The van der Waals surface area contributed by atoms with Crippen molar-refractivity contribution in [2.24, 2.45) is 10.8 Å². The Balaban J connectivity index is 2.54. The van der Waals surface area contributed by atoms with Gasteiger partial charge in [0.1, 0.15) is 0 Å². The van der Waals surface area contributed by atoms with Crippen LogP contribution in [-0.2, 0) is 6.54 Å². The van der Waals surface area contributed by atoms with Crippen LogP contribution in [-0.4, -0.2) is 17.0 Å². The Hall–Kier alpha value is -1.62. The van der Waals surface area contributed by atoms with E-state index in [0.717, 1.165) is 5.69 Å².